The molecule has 0 fully saturated rings. The monoisotopic (exact) mass is 216 g/mol. The first-order chi connectivity index (χ1) is 6.29. The largest absolute Gasteiger partial charge is 0.508 e. The molecule has 14 heavy (non-hydrogen) atoms. The zero-order valence-electron chi connectivity index (χ0n) is 7.90. The highest BCUT2D eigenvalue weighted by Crippen LogP contribution is 2.25. The summed E-state index contributed by atoms with van der Waals surface area (Å²) in [7, 11) is -3.76. The molecular formula is C8H12N2O3S. The Kier molecular flexibility index (Phi) is 2.68. The Balaban J connectivity index is 3.17. The minimum absolute atomic E-state index is 0.127. The van der Waals surface area contributed by atoms with Gasteiger partial charge in [-0.05, 0) is 37.1 Å². The molecule has 0 saturated carbocycles. The fraction of sp³-hybridized carbons (Fsp3) is 0.250. The first-order valence-electron chi connectivity index (χ1n) is 3.90. The van der Waals surface area contributed by atoms with Crippen LogP contribution in [-0.2, 0) is 10.2 Å². The van der Waals surface area contributed by atoms with Gasteiger partial charge in [0.15, 0.2) is 0 Å². The van der Waals surface area contributed by atoms with Gasteiger partial charge in [0.25, 0.3) is 10.2 Å². The van der Waals surface area contributed by atoms with E-state index in [1.807, 2.05) is 0 Å². The van der Waals surface area contributed by atoms with Gasteiger partial charge in [0, 0.05) is 0 Å². The van der Waals surface area contributed by atoms with Gasteiger partial charge >= 0.3 is 0 Å². The topological polar surface area (TPSA) is 92.4 Å². The summed E-state index contributed by atoms with van der Waals surface area (Å²) in [5, 5.41) is 14.1. The van der Waals surface area contributed by atoms with Crippen LogP contribution in [-0.4, -0.2) is 13.5 Å². The lowest BCUT2D eigenvalue weighted by atomic mass is 10.1. The van der Waals surface area contributed by atoms with Crippen LogP contribution in [0.5, 0.6) is 5.75 Å². The van der Waals surface area contributed by atoms with E-state index in [0.717, 1.165) is 0 Å². The third-order valence-corrected chi connectivity index (χ3v) is 2.30. The molecule has 0 spiro atoms. The predicted octanol–water partition coefficient (Wildman–Crippen LogP) is 0.624. The smallest absolute Gasteiger partial charge is 0.296 e. The molecule has 0 unspecified atom stereocenters. The van der Waals surface area contributed by atoms with Crippen molar-refractivity contribution in [2.45, 2.75) is 13.8 Å². The van der Waals surface area contributed by atoms with Crippen LogP contribution < -0.4 is 9.86 Å². The predicted molar refractivity (Wildman–Crippen MR) is 54.3 cm³/mol. The molecule has 0 heterocycles. The summed E-state index contributed by atoms with van der Waals surface area (Å²) in [6.45, 7) is 3.34. The van der Waals surface area contributed by atoms with Crippen LogP contribution in [0.4, 0.5) is 5.69 Å². The summed E-state index contributed by atoms with van der Waals surface area (Å²) in [5.74, 6) is 0.127. The fourth-order valence-corrected chi connectivity index (χ4v) is 1.59. The molecule has 5 nitrogen and oxygen atoms in total. The van der Waals surface area contributed by atoms with Crippen LogP contribution in [0.25, 0.3) is 0 Å². The van der Waals surface area contributed by atoms with Crippen LogP contribution in [0.15, 0.2) is 12.1 Å². The number of rotatable bonds is 2. The summed E-state index contributed by atoms with van der Waals surface area (Å²) in [4.78, 5) is 0. The van der Waals surface area contributed by atoms with Gasteiger partial charge in [-0.2, -0.15) is 8.42 Å². The van der Waals surface area contributed by atoms with Crippen LogP contribution >= 0.6 is 0 Å². The highest BCUT2D eigenvalue weighted by atomic mass is 32.2. The maximum atomic E-state index is 10.8. The van der Waals surface area contributed by atoms with E-state index in [2.05, 4.69) is 4.72 Å². The van der Waals surface area contributed by atoms with Crippen LogP contribution in [0.2, 0.25) is 0 Å². The van der Waals surface area contributed by atoms with Crippen molar-refractivity contribution in [1.82, 2.24) is 0 Å². The molecule has 0 radical (unpaired) electrons. The van der Waals surface area contributed by atoms with E-state index in [4.69, 9.17) is 5.14 Å². The molecule has 1 aromatic carbocycles. The molecule has 0 saturated heterocycles. The average Bonchev–Trinajstić information content (AvgIpc) is 1.97. The van der Waals surface area contributed by atoms with Gasteiger partial charge < -0.3 is 5.11 Å². The van der Waals surface area contributed by atoms with E-state index in [1.54, 1.807) is 13.8 Å². The molecule has 0 bridgehead atoms. The van der Waals surface area contributed by atoms with Gasteiger partial charge in [-0.15, -0.1) is 0 Å². The van der Waals surface area contributed by atoms with Gasteiger partial charge in [0.05, 0.1) is 5.69 Å². The number of benzene rings is 1. The van der Waals surface area contributed by atoms with Crippen molar-refractivity contribution in [3.8, 4) is 5.75 Å². The highest BCUT2D eigenvalue weighted by Gasteiger charge is 2.07. The van der Waals surface area contributed by atoms with Gasteiger partial charge in [0.1, 0.15) is 5.75 Å². The Morgan fingerprint density at radius 2 is 1.86 bits per heavy atom. The molecule has 0 aromatic heterocycles. The maximum absolute atomic E-state index is 10.8. The number of nitrogens with one attached hydrogen (secondary N) is 1. The van der Waals surface area contributed by atoms with E-state index in [1.165, 1.54) is 12.1 Å². The van der Waals surface area contributed by atoms with Gasteiger partial charge in [-0.1, -0.05) is 0 Å². The van der Waals surface area contributed by atoms with Crippen molar-refractivity contribution in [3.05, 3.63) is 23.3 Å². The third-order valence-electron chi connectivity index (χ3n) is 1.80. The minimum Gasteiger partial charge on any atom is -0.508 e. The van der Waals surface area contributed by atoms with E-state index < -0.39 is 10.2 Å². The number of aryl methyl sites for hydroxylation is 2. The quantitative estimate of drug-likeness (QED) is 0.633. The van der Waals surface area contributed by atoms with Gasteiger partial charge in [0.2, 0.25) is 0 Å². The standard InChI is InChI=1S/C8H12N2O3S/c1-5-4-8(11)6(2)3-7(5)10-14(9,12)13/h3-4,10-11H,1-2H3,(H2,9,12,13). The van der Waals surface area contributed by atoms with Crippen LogP contribution in [0, 0.1) is 13.8 Å². The normalized spacial score (nSPS) is 11.4. The Morgan fingerprint density at radius 3 is 2.36 bits per heavy atom. The van der Waals surface area contributed by atoms with Crippen molar-refractivity contribution >= 4 is 15.9 Å². The zero-order chi connectivity index (χ0) is 10.9. The van der Waals surface area contributed by atoms with E-state index >= 15 is 0 Å². The van der Waals surface area contributed by atoms with Crippen LogP contribution in [0.3, 0.4) is 0 Å². The zero-order valence-corrected chi connectivity index (χ0v) is 8.72. The molecule has 4 N–H and O–H groups in total. The number of phenols is 1. The number of phenolic OH excluding ortho intramolecular Hbond substituents is 1. The van der Waals surface area contributed by atoms with Crippen molar-refractivity contribution in [3.63, 3.8) is 0 Å². The third kappa shape index (κ3) is 2.61. The summed E-state index contributed by atoms with van der Waals surface area (Å²) < 4.78 is 23.7. The summed E-state index contributed by atoms with van der Waals surface area (Å²) in [6, 6.07) is 3.00. The van der Waals surface area contributed by atoms with Gasteiger partial charge in [-0.3, -0.25) is 4.72 Å². The first kappa shape index (κ1) is 10.8. The molecule has 0 atom stereocenters. The molecule has 6 heteroatoms. The Bertz CT molecular complexity index is 454. The minimum atomic E-state index is -3.76. The molecule has 0 aliphatic heterocycles. The number of anilines is 1. The summed E-state index contributed by atoms with van der Waals surface area (Å²) in [5.41, 5.74) is 1.58. The molecule has 0 aliphatic rings. The Labute approximate surface area is 82.7 Å². The number of hydrogen-bond donors (Lipinski definition) is 3. The molecule has 1 rings (SSSR count). The Hall–Kier alpha value is -1.27. The Morgan fingerprint density at radius 1 is 1.29 bits per heavy atom. The molecule has 1 aromatic rings. The molecule has 78 valence electrons. The van der Waals surface area contributed by atoms with E-state index in [9.17, 15) is 13.5 Å². The lowest BCUT2D eigenvalue weighted by molar-refractivity contribution is 0.471. The first-order valence-corrected chi connectivity index (χ1v) is 5.45. The van der Waals surface area contributed by atoms with Crippen molar-refractivity contribution in [1.29, 1.82) is 0 Å². The van der Waals surface area contributed by atoms with E-state index in [0.29, 0.717) is 16.8 Å². The van der Waals surface area contributed by atoms with Crippen molar-refractivity contribution in [2.75, 3.05) is 4.72 Å². The number of nitrogens with two attached hydrogens (primary N) is 1. The van der Waals surface area contributed by atoms with Crippen LogP contribution in [0.1, 0.15) is 11.1 Å². The van der Waals surface area contributed by atoms with Crippen molar-refractivity contribution in [2.24, 2.45) is 5.14 Å². The SMILES string of the molecule is Cc1cc(NS(N)(=O)=O)c(C)cc1O. The van der Waals surface area contributed by atoms with Crippen molar-refractivity contribution < 1.29 is 13.5 Å². The highest BCUT2D eigenvalue weighted by molar-refractivity contribution is 7.90. The van der Waals surface area contributed by atoms with E-state index in [-0.39, 0.29) is 5.75 Å². The average molecular weight is 216 g/mol. The lowest BCUT2D eigenvalue weighted by Crippen LogP contribution is -2.22. The molecule has 0 aliphatic carbocycles. The fourth-order valence-electron chi connectivity index (χ4n) is 1.06. The maximum Gasteiger partial charge on any atom is 0.296 e. The second kappa shape index (κ2) is 3.47. The summed E-state index contributed by atoms with van der Waals surface area (Å²) in [6.07, 6.45) is 0. The second-order valence-electron chi connectivity index (χ2n) is 3.10. The summed E-state index contributed by atoms with van der Waals surface area (Å²) >= 11 is 0. The van der Waals surface area contributed by atoms with Gasteiger partial charge in [-0.25, -0.2) is 5.14 Å². The number of aromatic hydroxyl groups is 1. The second-order valence-corrected chi connectivity index (χ2v) is 4.39. The molecule has 0 amide bonds. The number of hydrogen-bond acceptors (Lipinski definition) is 3. The lowest BCUT2D eigenvalue weighted by Gasteiger charge is -2.09. The molecular weight excluding hydrogens is 204 g/mol.